The molecular weight excluding hydrogens is 509 g/mol. The molecule has 0 spiro atoms. The number of hydrogen-bond donors (Lipinski definition) is 0. The van der Waals surface area contributed by atoms with Gasteiger partial charge >= 0.3 is 11.9 Å². The van der Waals surface area contributed by atoms with E-state index in [1.165, 1.54) is 45.5 Å². The number of benzene rings is 1. The van der Waals surface area contributed by atoms with Crippen molar-refractivity contribution in [3.05, 3.63) is 47.5 Å². The highest BCUT2D eigenvalue weighted by molar-refractivity contribution is 5.99. The SMILES string of the molecule is COc1cc(F)ccc1[C@H](C1CCCC1)[C@H](C)OC(=O)[C@H](C)CC(=O)c1nccc(OC)c1OCOC(C)=O. The number of hydrogen-bond acceptors (Lipinski definition) is 9. The Morgan fingerprint density at radius 1 is 1.05 bits per heavy atom. The summed E-state index contributed by atoms with van der Waals surface area (Å²) in [7, 11) is 2.89. The van der Waals surface area contributed by atoms with Crippen molar-refractivity contribution >= 4 is 17.7 Å². The predicted octanol–water partition coefficient (Wildman–Crippen LogP) is 5.25. The van der Waals surface area contributed by atoms with Crippen molar-refractivity contribution in [3.8, 4) is 17.2 Å². The molecule has 212 valence electrons. The van der Waals surface area contributed by atoms with Gasteiger partial charge in [-0.3, -0.25) is 14.4 Å². The summed E-state index contributed by atoms with van der Waals surface area (Å²) < 4.78 is 40.8. The van der Waals surface area contributed by atoms with Crippen molar-refractivity contribution in [1.29, 1.82) is 0 Å². The number of esters is 2. The summed E-state index contributed by atoms with van der Waals surface area (Å²) in [6.07, 6.45) is 4.76. The van der Waals surface area contributed by atoms with E-state index >= 15 is 0 Å². The van der Waals surface area contributed by atoms with Gasteiger partial charge in [0.1, 0.15) is 17.7 Å². The number of nitrogens with zero attached hydrogens (tertiary/aromatic N) is 1. The van der Waals surface area contributed by atoms with Gasteiger partial charge in [-0.05, 0) is 31.7 Å². The molecule has 0 aliphatic heterocycles. The highest BCUT2D eigenvalue weighted by atomic mass is 19.1. The van der Waals surface area contributed by atoms with E-state index in [1.807, 2.05) is 6.92 Å². The van der Waals surface area contributed by atoms with Gasteiger partial charge in [0, 0.05) is 43.2 Å². The molecule has 0 unspecified atom stereocenters. The second-order valence-electron chi connectivity index (χ2n) is 9.72. The van der Waals surface area contributed by atoms with E-state index < -0.39 is 42.4 Å². The normalized spacial score (nSPS) is 15.6. The molecule has 0 amide bonds. The van der Waals surface area contributed by atoms with Crippen LogP contribution in [0.4, 0.5) is 4.39 Å². The molecule has 9 nitrogen and oxygen atoms in total. The zero-order valence-electron chi connectivity index (χ0n) is 23.0. The minimum atomic E-state index is -0.784. The van der Waals surface area contributed by atoms with Gasteiger partial charge in [-0.2, -0.15) is 0 Å². The van der Waals surface area contributed by atoms with E-state index in [0.29, 0.717) is 5.75 Å². The Morgan fingerprint density at radius 3 is 2.38 bits per heavy atom. The van der Waals surface area contributed by atoms with Crippen LogP contribution in [0.15, 0.2) is 30.5 Å². The van der Waals surface area contributed by atoms with Gasteiger partial charge in [0.2, 0.25) is 6.79 Å². The Balaban J connectivity index is 1.74. The van der Waals surface area contributed by atoms with Gasteiger partial charge in [-0.1, -0.05) is 25.8 Å². The first-order valence-corrected chi connectivity index (χ1v) is 13.0. The van der Waals surface area contributed by atoms with Crippen LogP contribution in [0.3, 0.4) is 0 Å². The van der Waals surface area contributed by atoms with Gasteiger partial charge in [-0.15, -0.1) is 0 Å². The number of methoxy groups -OCH3 is 2. The maximum atomic E-state index is 13.9. The zero-order valence-corrected chi connectivity index (χ0v) is 23.0. The molecule has 0 N–H and O–H groups in total. The smallest absolute Gasteiger partial charge is 0.309 e. The molecule has 3 rings (SSSR count). The van der Waals surface area contributed by atoms with Gasteiger partial charge in [-0.25, -0.2) is 9.37 Å². The summed E-state index contributed by atoms with van der Waals surface area (Å²) in [5, 5.41) is 0. The number of pyridine rings is 1. The summed E-state index contributed by atoms with van der Waals surface area (Å²) in [4.78, 5) is 41.5. The fourth-order valence-corrected chi connectivity index (χ4v) is 5.10. The number of carbonyl (C=O) groups excluding carboxylic acids is 3. The molecule has 1 fully saturated rings. The number of rotatable bonds is 13. The van der Waals surface area contributed by atoms with Crippen LogP contribution in [0.5, 0.6) is 17.2 Å². The van der Waals surface area contributed by atoms with Gasteiger partial charge in [0.15, 0.2) is 23.0 Å². The van der Waals surface area contributed by atoms with Crippen molar-refractivity contribution in [2.45, 2.75) is 64.9 Å². The maximum Gasteiger partial charge on any atom is 0.309 e. The van der Waals surface area contributed by atoms with Crippen molar-refractivity contribution < 1.29 is 42.5 Å². The third-order valence-electron chi connectivity index (χ3n) is 6.98. The number of ketones is 1. The molecule has 1 aliphatic carbocycles. The molecule has 1 saturated carbocycles. The first-order valence-electron chi connectivity index (χ1n) is 13.0. The molecule has 0 saturated heterocycles. The topological polar surface area (TPSA) is 110 Å². The lowest BCUT2D eigenvalue weighted by Crippen LogP contribution is -2.30. The second-order valence-corrected chi connectivity index (χ2v) is 9.72. The van der Waals surface area contributed by atoms with E-state index in [4.69, 9.17) is 23.7 Å². The van der Waals surface area contributed by atoms with Gasteiger partial charge < -0.3 is 23.7 Å². The van der Waals surface area contributed by atoms with Crippen LogP contribution in [-0.4, -0.2) is 49.8 Å². The molecular formula is C29H36FNO8. The van der Waals surface area contributed by atoms with Gasteiger partial charge in [0.05, 0.1) is 20.1 Å². The molecule has 39 heavy (non-hydrogen) atoms. The number of aromatic nitrogens is 1. The third kappa shape index (κ3) is 7.68. The standard InChI is InChI=1S/C29H36FNO8/c1-17(14-23(33)27-28(38-16-37-19(3)32)24(35-4)12-13-31-27)29(34)39-18(2)26(20-8-6-7-9-20)22-11-10-21(30)15-25(22)36-5/h10-13,15,17-18,20,26H,6-9,14,16H2,1-5H3/t17-,18+,26+/m1/s1. The molecule has 3 atom stereocenters. The molecule has 1 aromatic carbocycles. The van der Waals surface area contributed by atoms with E-state index in [1.54, 1.807) is 13.0 Å². The van der Waals surface area contributed by atoms with Crippen LogP contribution >= 0.6 is 0 Å². The number of carbonyl (C=O) groups is 3. The van der Waals surface area contributed by atoms with Crippen LogP contribution < -0.4 is 14.2 Å². The lowest BCUT2D eigenvalue weighted by Gasteiger charge is -2.31. The maximum absolute atomic E-state index is 13.9. The fraction of sp³-hybridized carbons (Fsp3) is 0.517. The molecule has 0 radical (unpaired) electrons. The minimum Gasteiger partial charge on any atom is -0.496 e. The van der Waals surface area contributed by atoms with E-state index in [2.05, 4.69) is 4.98 Å². The molecule has 10 heteroatoms. The molecule has 1 aromatic heterocycles. The average molecular weight is 546 g/mol. The van der Waals surface area contributed by atoms with Gasteiger partial charge in [0.25, 0.3) is 0 Å². The molecule has 2 aromatic rings. The predicted molar refractivity (Wildman–Crippen MR) is 139 cm³/mol. The Kier molecular flexibility index (Phi) is 10.7. The Morgan fingerprint density at radius 2 is 1.74 bits per heavy atom. The van der Waals surface area contributed by atoms with Crippen LogP contribution in [-0.2, 0) is 19.1 Å². The number of Topliss-reactive ketones (excluding diaryl/α,β-unsaturated/α-hetero) is 1. The van der Waals surface area contributed by atoms with E-state index in [0.717, 1.165) is 31.2 Å². The summed E-state index contributed by atoms with van der Waals surface area (Å²) in [6, 6.07) is 5.93. The van der Waals surface area contributed by atoms with Crippen LogP contribution in [0.25, 0.3) is 0 Å². The largest absolute Gasteiger partial charge is 0.496 e. The van der Waals surface area contributed by atoms with Crippen molar-refractivity contribution in [2.24, 2.45) is 11.8 Å². The fourth-order valence-electron chi connectivity index (χ4n) is 5.10. The van der Waals surface area contributed by atoms with Crippen molar-refractivity contribution in [1.82, 2.24) is 4.98 Å². The van der Waals surface area contributed by atoms with Crippen molar-refractivity contribution in [2.75, 3.05) is 21.0 Å². The Labute approximate surface area is 227 Å². The quantitative estimate of drug-likeness (QED) is 0.189. The van der Waals surface area contributed by atoms with E-state index in [9.17, 15) is 18.8 Å². The van der Waals surface area contributed by atoms with Crippen LogP contribution in [0.1, 0.15) is 74.8 Å². The summed E-state index contributed by atoms with van der Waals surface area (Å²) in [5.41, 5.74) is 0.749. The summed E-state index contributed by atoms with van der Waals surface area (Å²) >= 11 is 0. The van der Waals surface area contributed by atoms with Crippen LogP contribution in [0.2, 0.25) is 0 Å². The summed E-state index contributed by atoms with van der Waals surface area (Å²) in [6.45, 7) is 4.23. The highest BCUT2D eigenvalue weighted by Gasteiger charge is 2.36. The molecule has 0 bridgehead atoms. The Bertz CT molecular complexity index is 1160. The third-order valence-corrected chi connectivity index (χ3v) is 6.98. The average Bonchev–Trinajstić information content (AvgIpc) is 3.43. The zero-order chi connectivity index (χ0) is 28.5. The second kappa shape index (κ2) is 13.9. The number of ether oxygens (including phenoxy) is 5. The van der Waals surface area contributed by atoms with Crippen LogP contribution in [0, 0.1) is 17.7 Å². The van der Waals surface area contributed by atoms with E-state index in [-0.39, 0.29) is 35.4 Å². The Hall–Kier alpha value is -3.69. The minimum absolute atomic E-state index is 0.0184. The highest BCUT2D eigenvalue weighted by Crippen LogP contribution is 2.43. The number of halogens is 1. The lowest BCUT2D eigenvalue weighted by molar-refractivity contribution is -0.154. The molecule has 1 heterocycles. The van der Waals surface area contributed by atoms with Crippen molar-refractivity contribution in [3.63, 3.8) is 0 Å². The molecule has 1 aliphatic rings. The lowest BCUT2D eigenvalue weighted by atomic mass is 9.80. The monoisotopic (exact) mass is 545 g/mol. The first-order chi connectivity index (χ1) is 18.7. The summed E-state index contributed by atoms with van der Waals surface area (Å²) in [5.74, 6) is -2.00. The first kappa shape index (κ1) is 29.9.